The molecule has 0 heterocycles. The summed E-state index contributed by atoms with van der Waals surface area (Å²) in [4.78, 5) is 0. The lowest BCUT2D eigenvalue weighted by molar-refractivity contribution is 0.429. The summed E-state index contributed by atoms with van der Waals surface area (Å²) in [6.45, 7) is 0. The van der Waals surface area contributed by atoms with Crippen LogP contribution in [0.4, 0.5) is 4.39 Å². The Morgan fingerprint density at radius 3 is 2.55 bits per heavy atom. The third-order valence-electron chi connectivity index (χ3n) is 4.21. The van der Waals surface area contributed by atoms with Crippen LogP contribution >= 0.6 is 0 Å². The van der Waals surface area contributed by atoms with E-state index < -0.39 is 5.82 Å². The molecule has 0 aliphatic heterocycles. The molecular formula is C17H18FNO. The molecular weight excluding hydrogens is 253 g/mol. The van der Waals surface area contributed by atoms with Gasteiger partial charge in [-0.1, -0.05) is 30.3 Å². The molecule has 3 rings (SSSR count). The molecule has 0 saturated heterocycles. The number of benzene rings is 2. The Hall–Kier alpha value is -1.87. The number of rotatable bonds is 2. The Labute approximate surface area is 118 Å². The first-order chi connectivity index (χ1) is 9.70. The van der Waals surface area contributed by atoms with Gasteiger partial charge in [0, 0.05) is 12.0 Å². The van der Waals surface area contributed by atoms with E-state index in [-0.39, 0.29) is 11.7 Å². The molecule has 1 aliphatic carbocycles. The van der Waals surface area contributed by atoms with Crippen LogP contribution in [-0.4, -0.2) is 12.2 Å². The highest BCUT2D eigenvalue weighted by Crippen LogP contribution is 2.41. The average Bonchev–Trinajstić information content (AvgIpc) is 2.49. The van der Waals surface area contributed by atoms with E-state index in [0.29, 0.717) is 6.04 Å². The van der Waals surface area contributed by atoms with Crippen molar-refractivity contribution in [3.8, 4) is 5.75 Å². The molecule has 2 aromatic carbocycles. The topological polar surface area (TPSA) is 32.3 Å². The monoisotopic (exact) mass is 271 g/mol. The van der Waals surface area contributed by atoms with Crippen LogP contribution in [0.15, 0.2) is 42.5 Å². The van der Waals surface area contributed by atoms with Crippen molar-refractivity contribution in [3.05, 3.63) is 65.0 Å². The molecule has 2 N–H and O–H groups in total. The maximum Gasteiger partial charge on any atom is 0.164 e. The van der Waals surface area contributed by atoms with E-state index in [1.54, 1.807) is 12.1 Å². The Bertz CT molecular complexity index is 626. The lowest BCUT2D eigenvalue weighted by Crippen LogP contribution is -2.24. The molecule has 104 valence electrons. The van der Waals surface area contributed by atoms with Crippen LogP contribution < -0.4 is 5.32 Å². The quantitative estimate of drug-likeness (QED) is 0.872. The van der Waals surface area contributed by atoms with Crippen LogP contribution in [0.2, 0.25) is 0 Å². The first-order valence-electron chi connectivity index (χ1n) is 6.95. The van der Waals surface area contributed by atoms with E-state index in [9.17, 15) is 9.50 Å². The first kappa shape index (κ1) is 13.1. The highest BCUT2D eigenvalue weighted by Gasteiger charge is 2.27. The second-order valence-corrected chi connectivity index (χ2v) is 5.31. The number of hydrogen-bond donors (Lipinski definition) is 2. The minimum Gasteiger partial charge on any atom is -0.505 e. The summed E-state index contributed by atoms with van der Waals surface area (Å²) in [6, 6.07) is 13.4. The van der Waals surface area contributed by atoms with Crippen LogP contribution in [0.5, 0.6) is 5.75 Å². The van der Waals surface area contributed by atoms with Gasteiger partial charge in [0.15, 0.2) is 11.6 Å². The molecule has 2 nitrogen and oxygen atoms in total. The maximum absolute atomic E-state index is 13.2. The number of phenols is 1. The fraction of sp³-hybridized carbons (Fsp3) is 0.294. The van der Waals surface area contributed by atoms with Crippen molar-refractivity contribution >= 4 is 0 Å². The van der Waals surface area contributed by atoms with Gasteiger partial charge in [0.25, 0.3) is 0 Å². The highest BCUT2D eigenvalue weighted by molar-refractivity contribution is 5.43. The van der Waals surface area contributed by atoms with Crippen molar-refractivity contribution in [2.24, 2.45) is 0 Å². The number of phenolic OH excluding ortho intramolecular Hbond substituents is 1. The lowest BCUT2D eigenvalue weighted by Gasteiger charge is -2.31. The van der Waals surface area contributed by atoms with Crippen molar-refractivity contribution in [2.45, 2.75) is 24.8 Å². The number of hydrogen-bond acceptors (Lipinski definition) is 2. The molecule has 0 saturated carbocycles. The number of aromatic hydroxyl groups is 1. The lowest BCUT2D eigenvalue weighted by atomic mass is 9.77. The summed E-state index contributed by atoms with van der Waals surface area (Å²) in [6.07, 6.45) is 2.03. The Morgan fingerprint density at radius 1 is 1.10 bits per heavy atom. The molecule has 2 aromatic rings. The largest absolute Gasteiger partial charge is 0.505 e. The average molecular weight is 271 g/mol. The molecule has 0 fully saturated rings. The van der Waals surface area contributed by atoms with Crippen LogP contribution in [0, 0.1) is 5.82 Å². The van der Waals surface area contributed by atoms with Gasteiger partial charge in [-0.25, -0.2) is 4.39 Å². The van der Waals surface area contributed by atoms with Gasteiger partial charge in [0.1, 0.15) is 0 Å². The van der Waals surface area contributed by atoms with Crippen LogP contribution in [0.25, 0.3) is 0 Å². The van der Waals surface area contributed by atoms with E-state index in [2.05, 4.69) is 17.4 Å². The number of halogens is 1. The van der Waals surface area contributed by atoms with Crippen LogP contribution in [0.1, 0.15) is 41.5 Å². The summed E-state index contributed by atoms with van der Waals surface area (Å²) >= 11 is 0. The van der Waals surface area contributed by atoms with E-state index in [1.807, 2.05) is 19.2 Å². The Balaban J connectivity index is 2.05. The van der Waals surface area contributed by atoms with Crippen molar-refractivity contribution in [3.63, 3.8) is 0 Å². The van der Waals surface area contributed by atoms with Crippen molar-refractivity contribution in [1.82, 2.24) is 5.32 Å². The Morgan fingerprint density at radius 2 is 1.85 bits per heavy atom. The number of fused-ring (bicyclic) bond motifs is 1. The van der Waals surface area contributed by atoms with Gasteiger partial charge in [0.05, 0.1) is 0 Å². The van der Waals surface area contributed by atoms with Crippen molar-refractivity contribution in [2.75, 3.05) is 7.05 Å². The minimum atomic E-state index is -0.564. The SMILES string of the molecule is CN[C@H]1CC[C@@H](c2ccc(F)c(O)c2)c2ccccc21. The van der Waals surface area contributed by atoms with E-state index in [1.165, 1.54) is 17.2 Å². The molecule has 20 heavy (non-hydrogen) atoms. The molecule has 0 spiro atoms. The second kappa shape index (κ2) is 5.25. The summed E-state index contributed by atoms with van der Waals surface area (Å²) in [5.41, 5.74) is 3.55. The summed E-state index contributed by atoms with van der Waals surface area (Å²) in [7, 11) is 1.98. The smallest absolute Gasteiger partial charge is 0.164 e. The molecule has 0 aromatic heterocycles. The Kier molecular flexibility index (Phi) is 3.45. The second-order valence-electron chi connectivity index (χ2n) is 5.31. The molecule has 0 radical (unpaired) electrons. The zero-order chi connectivity index (χ0) is 14.1. The fourth-order valence-corrected chi connectivity index (χ4v) is 3.18. The molecule has 3 heteroatoms. The fourth-order valence-electron chi connectivity index (χ4n) is 3.18. The van der Waals surface area contributed by atoms with Gasteiger partial charge >= 0.3 is 0 Å². The molecule has 1 aliphatic rings. The third kappa shape index (κ3) is 2.18. The van der Waals surface area contributed by atoms with Gasteiger partial charge in [-0.2, -0.15) is 0 Å². The minimum absolute atomic E-state index is 0.224. The van der Waals surface area contributed by atoms with Crippen LogP contribution in [-0.2, 0) is 0 Å². The molecule has 0 amide bonds. The maximum atomic E-state index is 13.2. The van der Waals surface area contributed by atoms with Gasteiger partial charge in [-0.05, 0) is 48.7 Å². The van der Waals surface area contributed by atoms with Gasteiger partial charge < -0.3 is 10.4 Å². The first-order valence-corrected chi connectivity index (χ1v) is 6.95. The summed E-state index contributed by atoms with van der Waals surface area (Å²) in [5, 5.41) is 12.9. The zero-order valence-electron chi connectivity index (χ0n) is 11.4. The van der Waals surface area contributed by atoms with Crippen LogP contribution in [0.3, 0.4) is 0 Å². The van der Waals surface area contributed by atoms with E-state index in [4.69, 9.17) is 0 Å². The van der Waals surface area contributed by atoms with E-state index in [0.717, 1.165) is 18.4 Å². The molecule has 2 atom stereocenters. The van der Waals surface area contributed by atoms with Crippen molar-refractivity contribution in [1.29, 1.82) is 0 Å². The summed E-state index contributed by atoms with van der Waals surface area (Å²) < 4.78 is 13.2. The van der Waals surface area contributed by atoms with Gasteiger partial charge in [-0.3, -0.25) is 0 Å². The normalized spacial score (nSPS) is 21.5. The van der Waals surface area contributed by atoms with E-state index >= 15 is 0 Å². The molecule has 0 bridgehead atoms. The number of nitrogens with one attached hydrogen (secondary N) is 1. The standard InChI is InChI=1S/C17H18FNO/c1-19-16-9-7-12(13-4-2-3-5-14(13)16)11-6-8-15(18)17(20)10-11/h2-6,8,10,12,16,19-20H,7,9H2,1H3/t12-,16-/m0/s1. The summed E-state index contributed by atoms with van der Waals surface area (Å²) in [5.74, 6) is -0.607. The van der Waals surface area contributed by atoms with Crippen molar-refractivity contribution < 1.29 is 9.50 Å². The highest BCUT2D eigenvalue weighted by atomic mass is 19.1. The van der Waals surface area contributed by atoms with Gasteiger partial charge in [-0.15, -0.1) is 0 Å². The predicted octanol–water partition coefficient (Wildman–Crippen LogP) is 3.72. The predicted molar refractivity (Wildman–Crippen MR) is 77.4 cm³/mol. The third-order valence-corrected chi connectivity index (χ3v) is 4.21. The molecule has 0 unspecified atom stereocenters. The van der Waals surface area contributed by atoms with Gasteiger partial charge in [0.2, 0.25) is 0 Å². The zero-order valence-corrected chi connectivity index (χ0v) is 11.4.